The van der Waals surface area contributed by atoms with E-state index in [2.05, 4.69) is 4.98 Å². The number of hydrogen-bond donors (Lipinski definition) is 2. The van der Waals surface area contributed by atoms with Gasteiger partial charge in [0.05, 0.1) is 57.4 Å². The maximum Gasteiger partial charge on any atom is 0.325 e. The first-order chi connectivity index (χ1) is 23.8. The Morgan fingerprint density at radius 3 is 2.20 bits per heavy atom. The number of halogens is 4. The maximum atomic E-state index is 15.7. The standard InChI is InChI=1S/C37H45ClF3N5O4S/c1-36(2,24-11-16-29(38)32(19-24)50-8)33-22-42-35(44(33)26-14-12-25(39)13-15-26)51-23-28-30(40)20-27(21-31(28)41)45(49)43(37(3,4)34(47)48)17-9-10-18-46(5,6)7/h11-16,19-22,49H,9-10,17-18,23H2,1-8H3/p+1. The summed E-state index contributed by atoms with van der Waals surface area (Å²) >= 11 is 7.37. The van der Waals surface area contributed by atoms with Crippen molar-refractivity contribution in [2.24, 2.45) is 0 Å². The number of hydrazine groups is 1. The molecule has 3 aromatic carbocycles. The summed E-state index contributed by atoms with van der Waals surface area (Å²) in [5.74, 6) is -3.17. The molecule has 0 radical (unpaired) electrons. The second kappa shape index (κ2) is 15.9. The van der Waals surface area contributed by atoms with Gasteiger partial charge in [-0.1, -0.05) is 43.3 Å². The van der Waals surface area contributed by atoms with E-state index in [-0.39, 0.29) is 23.5 Å². The minimum atomic E-state index is -1.59. The van der Waals surface area contributed by atoms with Crippen LogP contribution >= 0.6 is 23.4 Å². The summed E-state index contributed by atoms with van der Waals surface area (Å²) in [4.78, 5) is 16.8. The molecular weight excluding hydrogens is 703 g/mol. The number of aliphatic carboxylic acids is 1. The molecule has 9 nitrogen and oxygen atoms in total. The third kappa shape index (κ3) is 9.19. The molecule has 1 heterocycles. The zero-order valence-electron chi connectivity index (χ0n) is 30.2. The second-order valence-corrected chi connectivity index (χ2v) is 15.7. The quantitative estimate of drug-likeness (QED) is 0.0512. The van der Waals surface area contributed by atoms with Crippen molar-refractivity contribution >= 4 is 35.0 Å². The number of methoxy groups -OCH3 is 1. The van der Waals surface area contributed by atoms with Gasteiger partial charge in [0.2, 0.25) is 0 Å². The Kier molecular flexibility index (Phi) is 12.5. The largest absolute Gasteiger partial charge is 0.495 e. The molecule has 0 fully saturated rings. The molecule has 0 aliphatic rings. The SMILES string of the molecule is COc1cc(C(C)(C)c2cnc(SCc3c(F)cc(N(O)N(CCCC[N+](C)(C)C)C(C)(C)C(=O)O)cc3F)n2-c2ccc(F)cc2)ccc1Cl. The molecule has 276 valence electrons. The van der Waals surface area contributed by atoms with Crippen LogP contribution in [0.2, 0.25) is 5.02 Å². The van der Waals surface area contributed by atoms with Gasteiger partial charge in [-0.15, -0.1) is 0 Å². The van der Waals surface area contributed by atoms with Crippen LogP contribution in [0, 0.1) is 17.5 Å². The number of thioether (sulfide) groups is 1. The summed E-state index contributed by atoms with van der Waals surface area (Å²) in [6.07, 6.45) is 2.95. The third-order valence-corrected chi connectivity index (χ3v) is 10.2. The van der Waals surface area contributed by atoms with Gasteiger partial charge in [0.1, 0.15) is 28.7 Å². The highest BCUT2D eigenvalue weighted by Gasteiger charge is 2.39. The number of benzene rings is 3. The summed E-state index contributed by atoms with van der Waals surface area (Å²) in [5.41, 5.74) is -0.616. The van der Waals surface area contributed by atoms with Crippen LogP contribution in [0.25, 0.3) is 5.69 Å². The third-order valence-electron chi connectivity index (χ3n) is 8.88. The smallest absolute Gasteiger partial charge is 0.325 e. The van der Waals surface area contributed by atoms with Crippen molar-refractivity contribution in [3.05, 3.63) is 100 Å². The average molecular weight is 749 g/mol. The summed E-state index contributed by atoms with van der Waals surface area (Å²) in [7, 11) is 7.65. The number of quaternary nitrogens is 1. The first-order valence-electron chi connectivity index (χ1n) is 16.4. The van der Waals surface area contributed by atoms with E-state index in [9.17, 15) is 19.5 Å². The molecule has 4 aromatic rings. The molecule has 14 heteroatoms. The van der Waals surface area contributed by atoms with E-state index in [4.69, 9.17) is 16.3 Å². The van der Waals surface area contributed by atoms with Gasteiger partial charge < -0.3 is 14.3 Å². The van der Waals surface area contributed by atoms with Gasteiger partial charge >= 0.3 is 5.97 Å². The van der Waals surface area contributed by atoms with E-state index >= 15 is 8.78 Å². The van der Waals surface area contributed by atoms with Gasteiger partial charge in [-0.05, 0) is 68.7 Å². The summed E-state index contributed by atoms with van der Waals surface area (Å²) < 4.78 is 53.3. The molecule has 0 unspecified atom stereocenters. The van der Waals surface area contributed by atoms with Crippen LogP contribution in [0.15, 0.2) is 66.0 Å². The zero-order valence-corrected chi connectivity index (χ0v) is 31.7. The molecule has 1 aromatic heterocycles. The van der Waals surface area contributed by atoms with Crippen molar-refractivity contribution in [3.63, 3.8) is 0 Å². The lowest BCUT2D eigenvalue weighted by atomic mass is 9.81. The Labute approximate surface area is 306 Å². The van der Waals surface area contributed by atoms with Gasteiger partial charge in [-0.2, -0.15) is 10.2 Å². The molecule has 51 heavy (non-hydrogen) atoms. The number of carbonyl (C=O) groups is 1. The minimum Gasteiger partial charge on any atom is -0.495 e. The molecular formula is C37H46ClF3N5O4S+. The lowest BCUT2D eigenvalue weighted by Crippen LogP contribution is -2.58. The van der Waals surface area contributed by atoms with Gasteiger partial charge in [0, 0.05) is 41.1 Å². The summed E-state index contributed by atoms with van der Waals surface area (Å²) in [6.45, 7) is 7.74. The monoisotopic (exact) mass is 748 g/mol. The maximum absolute atomic E-state index is 15.7. The van der Waals surface area contributed by atoms with Crippen LogP contribution < -0.4 is 9.91 Å². The predicted octanol–water partition coefficient (Wildman–Crippen LogP) is 8.33. The lowest BCUT2D eigenvalue weighted by molar-refractivity contribution is -0.870. The van der Waals surface area contributed by atoms with Crippen LogP contribution in [-0.4, -0.2) is 82.2 Å². The fourth-order valence-corrected chi connectivity index (χ4v) is 6.81. The van der Waals surface area contributed by atoms with E-state index in [0.29, 0.717) is 37.7 Å². The number of anilines is 1. The predicted molar refractivity (Wildman–Crippen MR) is 194 cm³/mol. The fourth-order valence-electron chi connectivity index (χ4n) is 5.60. The van der Waals surface area contributed by atoms with Crippen LogP contribution in [0.5, 0.6) is 5.75 Å². The van der Waals surface area contributed by atoms with Crippen molar-refractivity contribution < 1.29 is 37.5 Å². The molecule has 4 rings (SSSR count). The lowest BCUT2D eigenvalue weighted by Gasteiger charge is -2.40. The molecule has 0 aliphatic heterocycles. The van der Waals surface area contributed by atoms with Crippen LogP contribution in [-0.2, 0) is 16.0 Å². The number of aromatic nitrogens is 2. The van der Waals surface area contributed by atoms with Gasteiger partial charge in [0.25, 0.3) is 0 Å². The van der Waals surface area contributed by atoms with Crippen molar-refractivity contribution in [3.8, 4) is 11.4 Å². The average Bonchev–Trinajstić information content (AvgIpc) is 3.48. The first-order valence-corrected chi connectivity index (χ1v) is 17.7. The molecule has 0 amide bonds. The Bertz CT molecular complexity index is 1820. The van der Waals surface area contributed by atoms with Gasteiger partial charge in [-0.25, -0.2) is 18.2 Å². The highest BCUT2D eigenvalue weighted by molar-refractivity contribution is 7.98. The Balaban J connectivity index is 1.65. The second-order valence-electron chi connectivity index (χ2n) is 14.4. The molecule has 0 aliphatic carbocycles. The van der Waals surface area contributed by atoms with E-state index in [1.165, 1.54) is 38.1 Å². The van der Waals surface area contributed by atoms with Crippen molar-refractivity contribution in [1.82, 2.24) is 14.6 Å². The Morgan fingerprint density at radius 1 is 1.00 bits per heavy atom. The highest BCUT2D eigenvalue weighted by atomic mass is 35.5. The molecule has 0 saturated carbocycles. The van der Waals surface area contributed by atoms with E-state index in [0.717, 1.165) is 48.1 Å². The van der Waals surface area contributed by atoms with E-state index in [1.807, 2.05) is 51.7 Å². The number of nitrogens with zero attached hydrogens (tertiary/aromatic N) is 5. The molecule has 0 bridgehead atoms. The number of hydrogen-bond acceptors (Lipinski definition) is 7. The van der Waals surface area contributed by atoms with Crippen molar-refractivity contribution in [1.29, 1.82) is 0 Å². The van der Waals surface area contributed by atoms with Gasteiger partial charge in [-0.3, -0.25) is 14.6 Å². The van der Waals surface area contributed by atoms with E-state index in [1.54, 1.807) is 24.4 Å². The van der Waals surface area contributed by atoms with Crippen LogP contribution in [0.1, 0.15) is 57.4 Å². The number of imidazole rings is 1. The normalized spacial score (nSPS) is 12.4. The topological polar surface area (TPSA) is 91.1 Å². The summed E-state index contributed by atoms with van der Waals surface area (Å²) in [6, 6.07) is 13.2. The zero-order chi connectivity index (χ0) is 37.9. The minimum absolute atomic E-state index is 0.129. The molecule has 0 atom stereocenters. The number of carboxylic acids is 1. The number of rotatable bonds is 16. The summed E-state index contributed by atoms with van der Waals surface area (Å²) in [5, 5.41) is 23.7. The molecule has 0 saturated heterocycles. The first kappa shape index (κ1) is 40.0. The van der Waals surface area contributed by atoms with E-state index < -0.39 is 34.4 Å². The van der Waals surface area contributed by atoms with Crippen molar-refractivity contribution in [2.75, 3.05) is 46.5 Å². The Hall–Kier alpha value is -3.75. The molecule has 0 spiro atoms. The van der Waals surface area contributed by atoms with Crippen LogP contribution in [0.4, 0.5) is 18.9 Å². The van der Waals surface area contributed by atoms with Crippen molar-refractivity contribution in [2.45, 2.75) is 62.4 Å². The fraction of sp³-hybridized carbons (Fsp3) is 0.405. The van der Waals surface area contributed by atoms with Crippen LogP contribution in [0.3, 0.4) is 0 Å². The highest BCUT2D eigenvalue weighted by Crippen LogP contribution is 2.40. The number of carboxylic acid groups (broad SMARTS) is 1. The molecule has 2 N–H and O–H groups in total. The number of ether oxygens (including phenoxy) is 1. The number of unbranched alkanes of at least 4 members (excludes halogenated alkanes) is 1. The van der Waals surface area contributed by atoms with Gasteiger partial charge in [0.15, 0.2) is 5.16 Å². The Morgan fingerprint density at radius 2 is 1.63 bits per heavy atom.